The Morgan fingerprint density at radius 1 is 1.18 bits per heavy atom. The quantitative estimate of drug-likeness (QED) is 0.805. The monoisotopic (exact) mass is 416 g/mol. The van der Waals surface area contributed by atoms with Crippen molar-refractivity contribution in [1.29, 1.82) is 0 Å². The van der Waals surface area contributed by atoms with E-state index in [1.54, 1.807) is 34.9 Å². The van der Waals surface area contributed by atoms with Crippen LogP contribution in [0.5, 0.6) is 0 Å². The first-order valence-electron chi connectivity index (χ1n) is 9.47. The predicted octanol–water partition coefficient (Wildman–Crippen LogP) is 4.34. The molecule has 2 aromatic rings. The minimum atomic E-state index is -3.75. The summed E-state index contributed by atoms with van der Waals surface area (Å²) in [6.07, 6.45) is 1.86. The Balaban J connectivity index is 1.70. The van der Waals surface area contributed by atoms with Crippen LogP contribution in [0, 0.1) is 19.8 Å². The molecule has 2 aliphatic rings. The van der Waals surface area contributed by atoms with Crippen LogP contribution in [0.15, 0.2) is 46.2 Å². The molecule has 1 heterocycles. The molecule has 0 radical (unpaired) electrons. The van der Waals surface area contributed by atoms with Gasteiger partial charge in [-0.05, 0) is 62.1 Å². The molecule has 1 fully saturated rings. The summed E-state index contributed by atoms with van der Waals surface area (Å²) in [5.74, 6) is 0.210. The maximum atomic E-state index is 13.0. The third-order valence-corrected chi connectivity index (χ3v) is 7.85. The summed E-state index contributed by atoms with van der Waals surface area (Å²) in [5, 5.41) is 0.283. The number of anilines is 2. The topological polar surface area (TPSA) is 66.5 Å². The van der Waals surface area contributed by atoms with Crippen molar-refractivity contribution in [3.8, 4) is 0 Å². The highest BCUT2D eigenvalue weighted by Gasteiger charge is 2.37. The summed E-state index contributed by atoms with van der Waals surface area (Å²) in [5.41, 5.74) is 3.21. The SMILES string of the molecule is Cc1cccc(NS(=O)(=O)c2ccc3c(c2)N(C(=O)C2CC2)C[C@H](C)S3)c1C. The molecule has 1 atom stereocenters. The van der Waals surface area contributed by atoms with Crippen LogP contribution in [0.1, 0.15) is 30.9 Å². The maximum absolute atomic E-state index is 13.0. The molecule has 1 amide bonds. The maximum Gasteiger partial charge on any atom is 0.261 e. The van der Waals surface area contributed by atoms with Gasteiger partial charge in [0, 0.05) is 22.6 Å². The second-order valence-corrected chi connectivity index (χ2v) is 10.8. The van der Waals surface area contributed by atoms with Gasteiger partial charge < -0.3 is 4.90 Å². The van der Waals surface area contributed by atoms with Crippen LogP contribution in [0.4, 0.5) is 11.4 Å². The molecule has 2 aromatic carbocycles. The average Bonchev–Trinajstić information content (AvgIpc) is 3.49. The first kappa shape index (κ1) is 19.3. The lowest BCUT2D eigenvalue weighted by molar-refractivity contribution is -0.119. The summed E-state index contributed by atoms with van der Waals surface area (Å²) in [7, 11) is -3.75. The normalized spacial score (nSPS) is 19.2. The highest BCUT2D eigenvalue weighted by Crippen LogP contribution is 2.42. The number of benzene rings is 2. The highest BCUT2D eigenvalue weighted by atomic mass is 32.2. The molecular formula is C21H24N2O3S2. The van der Waals surface area contributed by atoms with Gasteiger partial charge in [-0.3, -0.25) is 9.52 Å². The van der Waals surface area contributed by atoms with Crippen molar-refractivity contribution in [3.63, 3.8) is 0 Å². The number of sulfonamides is 1. The van der Waals surface area contributed by atoms with Crippen molar-refractivity contribution in [2.24, 2.45) is 5.92 Å². The van der Waals surface area contributed by atoms with Crippen molar-refractivity contribution in [2.45, 2.75) is 48.7 Å². The molecule has 1 aliphatic carbocycles. The molecular weight excluding hydrogens is 392 g/mol. The van der Waals surface area contributed by atoms with E-state index in [-0.39, 0.29) is 22.0 Å². The first-order chi connectivity index (χ1) is 13.3. The zero-order chi connectivity index (χ0) is 20.1. The zero-order valence-electron chi connectivity index (χ0n) is 16.2. The number of amides is 1. The lowest BCUT2D eigenvalue weighted by Crippen LogP contribution is -2.39. The number of fused-ring (bicyclic) bond motifs is 1. The highest BCUT2D eigenvalue weighted by molar-refractivity contribution is 8.00. The number of carbonyl (C=O) groups is 1. The molecule has 1 N–H and O–H groups in total. The van der Waals surface area contributed by atoms with Gasteiger partial charge in [0.1, 0.15) is 0 Å². The van der Waals surface area contributed by atoms with Gasteiger partial charge in [-0.2, -0.15) is 0 Å². The van der Waals surface area contributed by atoms with Gasteiger partial charge >= 0.3 is 0 Å². The van der Waals surface area contributed by atoms with Gasteiger partial charge in [0.05, 0.1) is 16.3 Å². The fourth-order valence-electron chi connectivity index (χ4n) is 3.41. The number of rotatable bonds is 4. The summed E-state index contributed by atoms with van der Waals surface area (Å²) in [6.45, 7) is 6.55. The molecule has 0 aromatic heterocycles. The molecule has 1 aliphatic heterocycles. The van der Waals surface area contributed by atoms with E-state index in [1.165, 1.54) is 0 Å². The van der Waals surface area contributed by atoms with Crippen molar-refractivity contribution in [3.05, 3.63) is 47.5 Å². The van der Waals surface area contributed by atoms with Crippen molar-refractivity contribution in [2.75, 3.05) is 16.2 Å². The van der Waals surface area contributed by atoms with E-state index in [9.17, 15) is 13.2 Å². The third-order valence-electron chi connectivity index (χ3n) is 5.34. The summed E-state index contributed by atoms with van der Waals surface area (Å²) in [6, 6.07) is 10.6. The Hall–Kier alpha value is -1.99. The van der Waals surface area contributed by atoms with Crippen LogP contribution in [0.25, 0.3) is 0 Å². The Kier molecular flexibility index (Phi) is 4.91. The number of carbonyl (C=O) groups excluding carboxylic acids is 1. The number of nitrogens with zero attached hydrogens (tertiary/aromatic N) is 1. The molecule has 148 valence electrons. The molecule has 28 heavy (non-hydrogen) atoms. The standard InChI is InChI=1S/C21H24N2O3S2/c1-13-5-4-6-18(15(13)3)22-28(25,26)17-9-10-20-19(11-17)23(12-14(2)27-20)21(24)16-7-8-16/h4-6,9-11,14,16,22H,7-8,12H2,1-3H3/t14-/m0/s1. The van der Waals surface area contributed by atoms with Gasteiger partial charge in [0.25, 0.3) is 10.0 Å². The van der Waals surface area contributed by atoms with Crippen LogP contribution in [0.2, 0.25) is 0 Å². The molecule has 0 bridgehead atoms. The average molecular weight is 417 g/mol. The molecule has 0 spiro atoms. The van der Waals surface area contributed by atoms with Crippen LogP contribution in [0.3, 0.4) is 0 Å². The Labute approximate surface area is 170 Å². The van der Waals surface area contributed by atoms with E-state index in [1.807, 2.05) is 32.0 Å². The molecule has 1 saturated carbocycles. The van der Waals surface area contributed by atoms with Crippen molar-refractivity contribution in [1.82, 2.24) is 0 Å². The number of nitrogens with one attached hydrogen (secondary N) is 1. The molecule has 4 rings (SSSR count). The van der Waals surface area contributed by atoms with Gasteiger partial charge in [-0.15, -0.1) is 11.8 Å². The fourth-order valence-corrected chi connectivity index (χ4v) is 5.65. The van der Waals surface area contributed by atoms with E-state index >= 15 is 0 Å². The van der Waals surface area contributed by atoms with E-state index in [2.05, 4.69) is 11.6 Å². The van der Waals surface area contributed by atoms with Crippen LogP contribution in [-0.4, -0.2) is 26.1 Å². The first-order valence-corrected chi connectivity index (χ1v) is 11.8. The Morgan fingerprint density at radius 2 is 1.93 bits per heavy atom. The smallest absolute Gasteiger partial charge is 0.261 e. The largest absolute Gasteiger partial charge is 0.310 e. The second kappa shape index (κ2) is 7.12. The van der Waals surface area contributed by atoms with Crippen LogP contribution in [-0.2, 0) is 14.8 Å². The summed E-state index contributed by atoms with van der Waals surface area (Å²) >= 11 is 1.68. The van der Waals surface area contributed by atoms with E-state index in [0.29, 0.717) is 17.9 Å². The number of hydrogen-bond donors (Lipinski definition) is 1. The zero-order valence-corrected chi connectivity index (χ0v) is 17.9. The molecule has 7 heteroatoms. The van der Waals surface area contributed by atoms with E-state index in [0.717, 1.165) is 28.9 Å². The number of aryl methyl sites for hydroxylation is 1. The van der Waals surface area contributed by atoms with E-state index in [4.69, 9.17) is 0 Å². The lowest BCUT2D eigenvalue weighted by atomic mass is 10.1. The minimum Gasteiger partial charge on any atom is -0.310 e. The number of hydrogen-bond acceptors (Lipinski definition) is 4. The summed E-state index contributed by atoms with van der Waals surface area (Å²) < 4.78 is 28.7. The van der Waals surface area contributed by atoms with Crippen molar-refractivity contribution < 1.29 is 13.2 Å². The number of thioether (sulfide) groups is 1. The van der Waals surface area contributed by atoms with Crippen LogP contribution < -0.4 is 9.62 Å². The van der Waals surface area contributed by atoms with Gasteiger partial charge in [0.2, 0.25) is 5.91 Å². The van der Waals surface area contributed by atoms with Gasteiger partial charge in [-0.1, -0.05) is 19.1 Å². The van der Waals surface area contributed by atoms with E-state index < -0.39 is 10.0 Å². The molecule has 0 saturated heterocycles. The second-order valence-electron chi connectivity index (χ2n) is 7.63. The minimum absolute atomic E-state index is 0.0940. The van der Waals surface area contributed by atoms with Gasteiger partial charge in [0.15, 0.2) is 0 Å². The predicted molar refractivity (Wildman–Crippen MR) is 114 cm³/mol. The lowest BCUT2D eigenvalue weighted by Gasteiger charge is -2.33. The van der Waals surface area contributed by atoms with Crippen molar-refractivity contribution >= 4 is 39.1 Å². The third kappa shape index (κ3) is 3.65. The van der Waals surface area contributed by atoms with Gasteiger partial charge in [-0.25, -0.2) is 8.42 Å². The summed E-state index contributed by atoms with van der Waals surface area (Å²) in [4.78, 5) is 15.7. The fraction of sp³-hybridized carbons (Fsp3) is 0.381. The Morgan fingerprint density at radius 3 is 2.64 bits per heavy atom. The van der Waals surface area contributed by atoms with Crippen LogP contribution >= 0.6 is 11.8 Å². The molecule has 0 unspecified atom stereocenters. The Bertz CT molecular complexity index is 1050. The molecule has 5 nitrogen and oxygen atoms in total.